The molecule has 0 saturated heterocycles. The van der Waals surface area contributed by atoms with Crippen molar-refractivity contribution in [2.24, 2.45) is 0 Å². The number of aromatic nitrogens is 2. The second kappa shape index (κ2) is 6.74. The Morgan fingerprint density at radius 2 is 2.15 bits per heavy atom. The van der Waals surface area contributed by atoms with Gasteiger partial charge in [-0.15, -0.1) is 0 Å². The van der Waals surface area contributed by atoms with Crippen LogP contribution in [0.15, 0.2) is 34.9 Å². The lowest BCUT2D eigenvalue weighted by Gasteiger charge is -2.22. The summed E-state index contributed by atoms with van der Waals surface area (Å²) in [7, 11) is 0. The number of hydrogen-bond donors (Lipinski definition) is 1. The smallest absolute Gasteiger partial charge is 0.0760 e. The maximum atomic E-state index is 6.13. The molecule has 20 heavy (non-hydrogen) atoms. The number of rotatable bonds is 5. The van der Waals surface area contributed by atoms with E-state index < -0.39 is 0 Å². The van der Waals surface area contributed by atoms with Crippen LogP contribution >= 0.6 is 27.5 Å². The Bertz CT molecular complexity index is 580. The number of benzene rings is 1. The van der Waals surface area contributed by atoms with Crippen molar-refractivity contribution in [2.75, 3.05) is 6.54 Å². The van der Waals surface area contributed by atoms with Gasteiger partial charge in [0.2, 0.25) is 0 Å². The molecule has 1 N–H and O–H groups in total. The quantitative estimate of drug-likeness (QED) is 0.850. The molecule has 0 aliphatic heterocycles. The van der Waals surface area contributed by atoms with Crippen molar-refractivity contribution in [2.45, 2.75) is 32.9 Å². The highest BCUT2D eigenvalue weighted by Crippen LogP contribution is 2.31. The number of nitrogens with one attached hydrogen (secondary N) is 1. The molecular formula is C15H19BrClN3. The van der Waals surface area contributed by atoms with E-state index >= 15 is 0 Å². The van der Waals surface area contributed by atoms with Crippen LogP contribution in [-0.4, -0.2) is 16.3 Å². The monoisotopic (exact) mass is 355 g/mol. The molecule has 1 atom stereocenters. The predicted octanol–water partition coefficient (Wildman–Crippen LogP) is 4.58. The zero-order valence-electron chi connectivity index (χ0n) is 11.9. The van der Waals surface area contributed by atoms with E-state index in [9.17, 15) is 0 Å². The Hall–Kier alpha value is -0.840. The summed E-state index contributed by atoms with van der Waals surface area (Å²) in [4.78, 5) is 0. The third-order valence-electron chi connectivity index (χ3n) is 3.14. The van der Waals surface area contributed by atoms with Gasteiger partial charge in [0.05, 0.1) is 22.4 Å². The van der Waals surface area contributed by atoms with Crippen LogP contribution in [0.3, 0.4) is 0 Å². The minimum absolute atomic E-state index is 0.0676. The fraction of sp³-hybridized carbons (Fsp3) is 0.400. The van der Waals surface area contributed by atoms with Crippen molar-refractivity contribution in [1.29, 1.82) is 0 Å². The standard InChI is InChI=1S/C15H19BrClN3/c1-4-18-14(11-6-5-7-12(17)8-11)15-13(16)9-19-20(15)10(2)3/h5-10,14,18H,4H2,1-3H3. The zero-order chi connectivity index (χ0) is 14.7. The Morgan fingerprint density at radius 1 is 1.40 bits per heavy atom. The molecule has 108 valence electrons. The molecule has 1 aromatic carbocycles. The average molecular weight is 357 g/mol. The molecule has 3 nitrogen and oxygen atoms in total. The van der Waals surface area contributed by atoms with Gasteiger partial charge >= 0.3 is 0 Å². The summed E-state index contributed by atoms with van der Waals surface area (Å²) < 4.78 is 3.05. The van der Waals surface area contributed by atoms with Gasteiger partial charge < -0.3 is 5.32 Å². The maximum Gasteiger partial charge on any atom is 0.0760 e. The van der Waals surface area contributed by atoms with Gasteiger partial charge in [0.15, 0.2) is 0 Å². The first-order valence-electron chi connectivity index (χ1n) is 6.76. The molecule has 2 aromatic rings. The molecule has 2 rings (SSSR count). The molecular weight excluding hydrogens is 338 g/mol. The van der Waals surface area contributed by atoms with Crippen LogP contribution in [0, 0.1) is 0 Å². The number of hydrogen-bond acceptors (Lipinski definition) is 2. The summed E-state index contributed by atoms with van der Waals surface area (Å²) in [5.74, 6) is 0. The van der Waals surface area contributed by atoms with Crippen LogP contribution < -0.4 is 5.32 Å². The second-order valence-electron chi connectivity index (χ2n) is 4.96. The Balaban J connectivity index is 2.51. The summed E-state index contributed by atoms with van der Waals surface area (Å²) in [6.45, 7) is 7.22. The summed E-state index contributed by atoms with van der Waals surface area (Å²) in [6, 6.07) is 8.33. The topological polar surface area (TPSA) is 29.9 Å². The Morgan fingerprint density at radius 3 is 2.75 bits per heavy atom. The van der Waals surface area contributed by atoms with Crippen LogP contribution in [0.25, 0.3) is 0 Å². The van der Waals surface area contributed by atoms with Crippen molar-refractivity contribution in [3.63, 3.8) is 0 Å². The number of nitrogens with zero attached hydrogens (tertiary/aromatic N) is 2. The SMILES string of the molecule is CCNC(c1cccc(Cl)c1)c1c(Br)cnn1C(C)C. The second-order valence-corrected chi connectivity index (χ2v) is 6.25. The van der Waals surface area contributed by atoms with Crippen molar-refractivity contribution < 1.29 is 0 Å². The van der Waals surface area contributed by atoms with E-state index in [1.54, 1.807) is 0 Å². The van der Waals surface area contributed by atoms with E-state index in [0.29, 0.717) is 6.04 Å². The van der Waals surface area contributed by atoms with E-state index in [1.807, 2.05) is 29.1 Å². The van der Waals surface area contributed by atoms with E-state index in [0.717, 1.165) is 27.3 Å². The van der Waals surface area contributed by atoms with E-state index in [-0.39, 0.29) is 6.04 Å². The van der Waals surface area contributed by atoms with Crippen LogP contribution in [-0.2, 0) is 0 Å². The van der Waals surface area contributed by atoms with Gasteiger partial charge in [-0.05, 0) is 54.0 Å². The van der Waals surface area contributed by atoms with Crippen LogP contribution in [0.4, 0.5) is 0 Å². The summed E-state index contributed by atoms with van der Waals surface area (Å²) >= 11 is 9.75. The van der Waals surface area contributed by atoms with Gasteiger partial charge in [0.25, 0.3) is 0 Å². The average Bonchev–Trinajstić information content (AvgIpc) is 2.78. The molecule has 0 amide bonds. The van der Waals surface area contributed by atoms with Crippen LogP contribution in [0.2, 0.25) is 5.02 Å². The van der Waals surface area contributed by atoms with Gasteiger partial charge in [0, 0.05) is 11.1 Å². The van der Waals surface area contributed by atoms with Gasteiger partial charge in [-0.3, -0.25) is 4.68 Å². The molecule has 0 aliphatic carbocycles. The number of halogens is 2. The first-order chi connectivity index (χ1) is 9.54. The Kier molecular flexibility index (Phi) is 5.24. The van der Waals surface area contributed by atoms with Gasteiger partial charge in [-0.1, -0.05) is 30.7 Å². The highest BCUT2D eigenvalue weighted by molar-refractivity contribution is 9.10. The molecule has 1 aromatic heterocycles. The third kappa shape index (κ3) is 3.25. The lowest BCUT2D eigenvalue weighted by molar-refractivity contribution is 0.475. The minimum atomic E-state index is 0.0676. The van der Waals surface area contributed by atoms with E-state index in [1.165, 1.54) is 0 Å². The summed E-state index contributed by atoms with van der Waals surface area (Å²) in [5.41, 5.74) is 2.27. The van der Waals surface area contributed by atoms with Crippen molar-refractivity contribution in [3.05, 3.63) is 51.2 Å². The van der Waals surface area contributed by atoms with Crippen molar-refractivity contribution >= 4 is 27.5 Å². The fourth-order valence-electron chi connectivity index (χ4n) is 2.29. The lowest BCUT2D eigenvalue weighted by Crippen LogP contribution is -2.26. The molecule has 0 spiro atoms. The van der Waals surface area contributed by atoms with Gasteiger partial charge in [-0.2, -0.15) is 5.10 Å². The zero-order valence-corrected chi connectivity index (χ0v) is 14.2. The van der Waals surface area contributed by atoms with Crippen LogP contribution in [0.5, 0.6) is 0 Å². The first kappa shape index (κ1) is 15.5. The predicted molar refractivity (Wildman–Crippen MR) is 87.3 cm³/mol. The molecule has 5 heteroatoms. The van der Waals surface area contributed by atoms with Crippen molar-refractivity contribution in [1.82, 2.24) is 15.1 Å². The first-order valence-corrected chi connectivity index (χ1v) is 7.93. The van der Waals surface area contributed by atoms with Gasteiger partial charge in [-0.25, -0.2) is 0 Å². The Labute approximate surface area is 133 Å². The molecule has 0 radical (unpaired) electrons. The minimum Gasteiger partial charge on any atom is -0.305 e. The molecule has 0 fully saturated rings. The third-order valence-corrected chi connectivity index (χ3v) is 3.99. The maximum absolute atomic E-state index is 6.13. The van der Waals surface area contributed by atoms with Crippen molar-refractivity contribution in [3.8, 4) is 0 Å². The molecule has 0 bridgehead atoms. The van der Waals surface area contributed by atoms with E-state index in [4.69, 9.17) is 11.6 Å². The molecule has 0 saturated carbocycles. The highest BCUT2D eigenvalue weighted by Gasteiger charge is 2.22. The normalized spacial score (nSPS) is 12.9. The largest absolute Gasteiger partial charge is 0.305 e. The molecule has 1 heterocycles. The summed E-state index contributed by atoms with van der Waals surface area (Å²) in [5, 5.41) is 8.73. The summed E-state index contributed by atoms with van der Waals surface area (Å²) in [6.07, 6.45) is 1.85. The lowest BCUT2D eigenvalue weighted by atomic mass is 10.0. The molecule has 1 unspecified atom stereocenters. The molecule has 0 aliphatic rings. The van der Waals surface area contributed by atoms with Gasteiger partial charge in [0.1, 0.15) is 0 Å². The van der Waals surface area contributed by atoms with E-state index in [2.05, 4.69) is 53.2 Å². The van der Waals surface area contributed by atoms with Crippen LogP contribution in [0.1, 0.15) is 44.1 Å². The fourth-order valence-corrected chi connectivity index (χ4v) is 3.00. The highest BCUT2D eigenvalue weighted by atomic mass is 79.9.